The molecule has 0 heterocycles. The molecule has 3 rings (SSSR count). The molecule has 5 unspecified atom stereocenters. The fraction of sp³-hybridized carbons (Fsp3) is 0.682. The van der Waals surface area contributed by atoms with Gasteiger partial charge >= 0.3 is 5.97 Å². The van der Waals surface area contributed by atoms with Gasteiger partial charge in [-0.3, -0.25) is 14.4 Å². The van der Waals surface area contributed by atoms with Crippen LogP contribution in [0.15, 0.2) is 23.8 Å². The molecule has 5 atom stereocenters. The van der Waals surface area contributed by atoms with Crippen LogP contribution in [0.3, 0.4) is 0 Å². The van der Waals surface area contributed by atoms with Gasteiger partial charge in [-0.2, -0.15) is 0 Å². The predicted octanol–water partition coefficient (Wildman–Crippen LogP) is 3.16. The van der Waals surface area contributed by atoms with E-state index < -0.39 is 23.6 Å². The van der Waals surface area contributed by atoms with Gasteiger partial charge in [0.1, 0.15) is 11.9 Å². The van der Waals surface area contributed by atoms with Crippen molar-refractivity contribution in [1.82, 2.24) is 0 Å². The van der Waals surface area contributed by atoms with E-state index in [0.717, 1.165) is 6.42 Å². The largest absolute Gasteiger partial charge is 0.461 e. The molecule has 1 saturated carbocycles. The molecule has 3 aliphatic rings. The molecule has 3 aliphatic carbocycles. The molecule has 0 aliphatic heterocycles. The lowest BCUT2D eigenvalue weighted by Crippen LogP contribution is -2.57. The second-order valence-corrected chi connectivity index (χ2v) is 9.26. The maximum Gasteiger partial charge on any atom is 0.302 e. The highest BCUT2D eigenvalue weighted by Crippen LogP contribution is 2.56. The summed E-state index contributed by atoms with van der Waals surface area (Å²) in [6.07, 6.45) is 2.86. The molecule has 0 radical (unpaired) electrons. The van der Waals surface area contributed by atoms with Crippen LogP contribution in [0.4, 0.5) is 0 Å². The molecular formula is C22H30O5. The first kappa shape index (κ1) is 20.0. The number of carbonyl (C=O) groups excluding carboxylic acids is 3. The van der Waals surface area contributed by atoms with Gasteiger partial charge in [0.05, 0.1) is 11.5 Å². The van der Waals surface area contributed by atoms with Crippen molar-refractivity contribution in [3.8, 4) is 0 Å². The highest BCUT2D eigenvalue weighted by atomic mass is 16.5. The minimum Gasteiger partial charge on any atom is -0.461 e. The molecule has 148 valence electrons. The van der Waals surface area contributed by atoms with E-state index in [4.69, 9.17) is 4.74 Å². The summed E-state index contributed by atoms with van der Waals surface area (Å²) >= 11 is 0. The Kier molecular flexibility index (Phi) is 4.96. The Hall–Kier alpha value is -1.75. The molecule has 1 N–H and O–H groups in total. The zero-order chi connectivity index (χ0) is 20.1. The van der Waals surface area contributed by atoms with E-state index in [9.17, 15) is 19.5 Å². The lowest BCUT2D eigenvalue weighted by Gasteiger charge is -2.54. The van der Waals surface area contributed by atoms with E-state index in [-0.39, 0.29) is 28.8 Å². The molecule has 0 aromatic carbocycles. The molecule has 0 saturated heterocycles. The Morgan fingerprint density at radius 3 is 2.56 bits per heavy atom. The Bertz CT molecular complexity index is 731. The fourth-order valence-corrected chi connectivity index (χ4v) is 5.51. The second-order valence-electron chi connectivity index (χ2n) is 9.26. The first-order valence-corrected chi connectivity index (χ1v) is 9.82. The first-order chi connectivity index (χ1) is 12.5. The topological polar surface area (TPSA) is 80.7 Å². The number of Topliss-reactive ketones (excluding diaryl/α,β-unsaturated/α-hetero) is 2. The summed E-state index contributed by atoms with van der Waals surface area (Å²) in [7, 11) is 0. The van der Waals surface area contributed by atoms with Gasteiger partial charge in [-0.1, -0.05) is 26.5 Å². The third-order valence-electron chi connectivity index (χ3n) is 7.18. The van der Waals surface area contributed by atoms with E-state index in [0.29, 0.717) is 36.8 Å². The molecule has 0 amide bonds. The molecule has 2 bridgehead atoms. The maximum atomic E-state index is 13.4. The highest BCUT2D eigenvalue weighted by molar-refractivity contribution is 6.11. The molecule has 1 fully saturated rings. The number of fused-ring (bicyclic) bond motifs is 2. The minimum absolute atomic E-state index is 0.0442. The summed E-state index contributed by atoms with van der Waals surface area (Å²) in [6.45, 7) is 11.3. The van der Waals surface area contributed by atoms with Gasteiger partial charge in [0.25, 0.3) is 0 Å². The van der Waals surface area contributed by atoms with Crippen molar-refractivity contribution in [2.75, 3.05) is 0 Å². The standard InChI is InChI=1S/C22H30O5/c1-12-14-6-7-18(25)22(5)17(11-16(24)15(10-14)20(12)26)21(3,4)9-8-19(22)27-13(2)23/h10,14,16-17,19,24H,1,6-9,11H2,2-5H3. The number of aliphatic hydroxyl groups excluding tert-OH is 1. The molecule has 0 aromatic heterocycles. The maximum absolute atomic E-state index is 13.4. The van der Waals surface area contributed by atoms with Gasteiger partial charge < -0.3 is 9.84 Å². The Morgan fingerprint density at radius 1 is 1.26 bits per heavy atom. The lowest BCUT2D eigenvalue weighted by atomic mass is 9.51. The van der Waals surface area contributed by atoms with Crippen molar-refractivity contribution in [1.29, 1.82) is 0 Å². The fourth-order valence-electron chi connectivity index (χ4n) is 5.51. The molecular weight excluding hydrogens is 344 g/mol. The predicted molar refractivity (Wildman–Crippen MR) is 101 cm³/mol. The van der Waals surface area contributed by atoms with Crippen LogP contribution >= 0.6 is 0 Å². The Labute approximate surface area is 160 Å². The van der Waals surface area contributed by atoms with Crippen LogP contribution in [0, 0.1) is 22.7 Å². The smallest absolute Gasteiger partial charge is 0.302 e. The zero-order valence-electron chi connectivity index (χ0n) is 16.7. The molecule has 5 heteroatoms. The van der Waals surface area contributed by atoms with E-state index >= 15 is 0 Å². The third-order valence-corrected chi connectivity index (χ3v) is 7.18. The van der Waals surface area contributed by atoms with E-state index in [1.807, 2.05) is 6.92 Å². The summed E-state index contributed by atoms with van der Waals surface area (Å²) in [4.78, 5) is 37.7. The Morgan fingerprint density at radius 2 is 1.93 bits per heavy atom. The van der Waals surface area contributed by atoms with Gasteiger partial charge in [-0.15, -0.1) is 0 Å². The minimum atomic E-state index is -0.940. The summed E-state index contributed by atoms with van der Waals surface area (Å²) in [5.41, 5.74) is -0.231. The molecule has 5 nitrogen and oxygen atoms in total. The van der Waals surface area contributed by atoms with Crippen LogP contribution in [-0.2, 0) is 19.1 Å². The molecule has 0 spiro atoms. The summed E-state index contributed by atoms with van der Waals surface area (Å²) in [6, 6.07) is 0. The van der Waals surface area contributed by atoms with Gasteiger partial charge in [0.2, 0.25) is 0 Å². The van der Waals surface area contributed by atoms with Crippen LogP contribution in [0.25, 0.3) is 0 Å². The van der Waals surface area contributed by atoms with Gasteiger partial charge in [0, 0.05) is 24.8 Å². The van der Waals surface area contributed by atoms with Gasteiger partial charge in [-0.05, 0) is 49.5 Å². The molecule has 27 heavy (non-hydrogen) atoms. The average molecular weight is 374 g/mol. The van der Waals surface area contributed by atoms with Crippen LogP contribution < -0.4 is 0 Å². The number of aliphatic hydroxyl groups is 1. The van der Waals surface area contributed by atoms with Crippen molar-refractivity contribution >= 4 is 17.5 Å². The van der Waals surface area contributed by atoms with Crippen molar-refractivity contribution in [2.24, 2.45) is 22.7 Å². The van der Waals surface area contributed by atoms with E-state index in [1.165, 1.54) is 6.92 Å². The number of rotatable bonds is 1. The normalized spacial score (nSPS) is 38.9. The number of allylic oxidation sites excluding steroid dienone is 2. The van der Waals surface area contributed by atoms with Crippen molar-refractivity contribution in [3.05, 3.63) is 23.8 Å². The summed E-state index contributed by atoms with van der Waals surface area (Å²) in [5.74, 6) is -0.937. The monoisotopic (exact) mass is 374 g/mol. The van der Waals surface area contributed by atoms with Crippen molar-refractivity contribution in [3.63, 3.8) is 0 Å². The van der Waals surface area contributed by atoms with Crippen LogP contribution in [-0.4, -0.2) is 34.9 Å². The van der Waals surface area contributed by atoms with Crippen LogP contribution in [0.2, 0.25) is 0 Å². The van der Waals surface area contributed by atoms with Gasteiger partial charge in [0.15, 0.2) is 5.78 Å². The summed E-state index contributed by atoms with van der Waals surface area (Å²) in [5, 5.41) is 10.9. The SMILES string of the molecule is C=C1C(=O)C2=CC1CCC(=O)C1(C)C(OC(C)=O)CCC(C)(C)C1CC2O. The zero-order valence-corrected chi connectivity index (χ0v) is 16.7. The summed E-state index contributed by atoms with van der Waals surface area (Å²) < 4.78 is 5.60. The van der Waals surface area contributed by atoms with Crippen molar-refractivity contribution in [2.45, 2.75) is 72.0 Å². The number of ether oxygens (including phenoxy) is 1. The quantitative estimate of drug-likeness (QED) is 0.563. The number of esters is 1. The number of hydrogen-bond acceptors (Lipinski definition) is 5. The molecule has 0 aromatic rings. The van der Waals surface area contributed by atoms with E-state index in [1.54, 1.807) is 6.08 Å². The number of hydrogen-bond donors (Lipinski definition) is 1. The second kappa shape index (κ2) is 6.69. The first-order valence-electron chi connectivity index (χ1n) is 9.82. The van der Waals surface area contributed by atoms with Gasteiger partial charge in [-0.25, -0.2) is 0 Å². The van der Waals surface area contributed by atoms with Crippen LogP contribution in [0.5, 0.6) is 0 Å². The number of carbonyl (C=O) groups is 3. The third kappa shape index (κ3) is 3.20. The highest BCUT2D eigenvalue weighted by Gasteiger charge is 2.58. The van der Waals surface area contributed by atoms with E-state index in [2.05, 4.69) is 20.4 Å². The number of ketones is 2. The lowest BCUT2D eigenvalue weighted by molar-refractivity contribution is -0.177. The average Bonchev–Trinajstić information content (AvgIpc) is 2.86. The van der Waals surface area contributed by atoms with Crippen LogP contribution in [0.1, 0.15) is 59.8 Å². The van der Waals surface area contributed by atoms with Crippen molar-refractivity contribution < 1.29 is 24.2 Å². The Balaban J connectivity index is 2.07.